The van der Waals surface area contributed by atoms with Crippen LogP contribution >= 0.6 is 0 Å². The Labute approximate surface area is 128 Å². The van der Waals surface area contributed by atoms with E-state index in [9.17, 15) is 9.59 Å². The maximum Gasteiger partial charge on any atom is 0.309 e. The zero-order valence-corrected chi connectivity index (χ0v) is 12.3. The topological polar surface area (TPSA) is 80.6 Å². The fourth-order valence-corrected chi connectivity index (χ4v) is 1.85. The van der Waals surface area contributed by atoms with Crippen LogP contribution in [0, 0.1) is 0 Å². The molecule has 0 atom stereocenters. The molecule has 0 aliphatic heterocycles. The average Bonchev–Trinajstić information content (AvgIpc) is 3.06. The molecule has 1 aromatic carbocycles. The first kappa shape index (κ1) is 15.6. The van der Waals surface area contributed by atoms with E-state index in [0.29, 0.717) is 18.7 Å². The van der Waals surface area contributed by atoms with Crippen LogP contribution in [0.3, 0.4) is 0 Å². The number of hydrogen-bond acceptors (Lipinski definition) is 4. The van der Waals surface area contributed by atoms with Crippen LogP contribution < -0.4 is 15.4 Å². The molecule has 6 heteroatoms. The summed E-state index contributed by atoms with van der Waals surface area (Å²) in [4.78, 5) is 23.2. The maximum atomic E-state index is 11.6. The molecule has 6 nitrogen and oxygen atoms in total. The number of methoxy groups -OCH3 is 1. The van der Waals surface area contributed by atoms with Crippen LogP contribution in [0.25, 0.3) is 0 Å². The minimum Gasteiger partial charge on any atom is -0.497 e. The van der Waals surface area contributed by atoms with E-state index in [0.717, 1.165) is 11.3 Å². The van der Waals surface area contributed by atoms with Crippen molar-refractivity contribution in [3.63, 3.8) is 0 Å². The summed E-state index contributed by atoms with van der Waals surface area (Å²) in [5.41, 5.74) is 1.05. The number of carbonyl (C=O) groups excluding carboxylic acids is 2. The summed E-state index contributed by atoms with van der Waals surface area (Å²) in [5, 5.41) is 5.06. The molecule has 2 N–H and O–H groups in total. The highest BCUT2D eigenvalue weighted by molar-refractivity contribution is 6.35. The summed E-state index contributed by atoms with van der Waals surface area (Å²) in [7, 11) is 1.61. The predicted molar refractivity (Wildman–Crippen MR) is 80.3 cm³/mol. The first-order valence-electron chi connectivity index (χ1n) is 6.90. The molecule has 0 bridgehead atoms. The third-order valence-electron chi connectivity index (χ3n) is 3.07. The Morgan fingerprint density at radius 3 is 2.45 bits per heavy atom. The van der Waals surface area contributed by atoms with E-state index in [1.165, 1.54) is 6.26 Å². The lowest BCUT2D eigenvalue weighted by Crippen LogP contribution is -2.40. The highest BCUT2D eigenvalue weighted by Crippen LogP contribution is 2.11. The van der Waals surface area contributed by atoms with Gasteiger partial charge in [0.1, 0.15) is 11.5 Å². The van der Waals surface area contributed by atoms with Crippen LogP contribution in [0.2, 0.25) is 0 Å². The number of benzene rings is 1. The number of furan rings is 1. The summed E-state index contributed by atoms with van der Waals surface area (Å²) in [5.74, 6) is 0.0515. The summed E-state index contributed by atoms with van der Waals surface area (Å²) in [6.45, 7) is 0.580. The summed E-state index contributed by atoms with van der Waals surface area (Å²) < 4.78 is 10.1. The molecule has 0 spiro atoms. The van der Waals surface area contributed by atoms with Crippen molar-refractivity contribution in [2.75, 3.05) is 13.7 Å². The third kappa shape index (κ3) is 4.66. The van der Waals surface area contributed by atoms with Crippen LogP contribution in [0.15, 0.2) is 47.1 Å². The molecule has 22 heavy (non-hydrogen) atoms. The number of ether oxygens (including phenoxy) is 1. The van der Waals surface area contributed by atoms with Gasteiger partial charge in [-0.15, -0.1) is 0 Å². The molecule has 0 unspecified atom stereocenters. The van der Waals surface area contributed by atoms with Gasteiger partial charge in [-0.3, -0.25) is 9.59 Å². The Morgan fingerprint density at radius 1 is 1.09 bits per heavy atom. The Kier molecular flexibility index (Phi) is 5.59. The molecular weight excluding hydrogens is 284 g/mol. The Bertz CT molecular complexity index is 606. The van der Waals surface area contributed by atoms with Crippen LogP contribution in [0.1, 0.15) is 11.3 Å². The SMILES string of the molecule is COc1ccc(CCNC(=O)C(=O)NCc2ccco2)cc1. The lowest BCUT2D eigenvalue weighted by atomic mass is 10.1. The summed E-state index contributed by atoms with van der Waals surface area (Å²) in [6.07, 6.45) is 2.15. The molecule has 0 radical (unpaired) electrons. The van der Waals surface area contributed by atoms with Crippen molar-refractivity contribution in [3.05, 3.63) is 54.0 Å². The zero-order chi connectivity index (χ0) is 15.8. The largest absolute Gasteiger partial charge is 0.497 e. The van der Waals surface area contributed by atoms with Crippen molar-refractivity contribution in [3.8, 4) is 5.75 Å². The van der Waals surface area contributed by atoms with E-state index < -0.39 is 11.8 Å². The van der Waals surface area contributed by atoms with E-state index >= 15 is 0 Å². The molecule has 2 aromatic rings. The smallest absolute Gasteiger partial charge is 0.309 e. The van der Waals surface area contributed by atoms with Crippen LogP contribution in [-0.2, 0) is 22.6 Å². The van der Waals surface area contributed by atoms with Crippen LogP contribution in [0.5, 0.6) is 5.75 Å². The fraction of sp³-hybridized carbons (Fsp3) is 0.250. The minimum atomic E-state index is -0.675. The molecule has 1 aromatic heterocycles. The van der Waals surface area contributed by atoms with Gasteiger partial charge in [0.2, 0.25) is 0 Å². The van der Waals surface area contributed by atoms with Gasteiger partial charge in [-0.2, -0.15) is 0 Å². The molecule has 0 aliphatic rings. The molecule has 0 fully saturated rings. The van der Waals surface area contributed by atoms with Gasteiger partial charge in [0.15, 0.2) is 0 Å². The fourth-order valence-electron chi connectivity index (χ4n) is 1.85. The molecule has 0 saturated heterocycles. The number of hydrogen-bond donors (Lipinski definition) is 2. The van der Waals surface area contributed by atoms with Gasteiger partial charge in [-0.1, -0.05) is 12.1 Å². The van der Waals surface area contributed by atoms with E-state index in [4.69, 9.17) is 9.15 Å². The van der Waals surface area contributed by atoms with Crippen LogP contribution in [-0.4, -0.2) is 25.5 Å². The van der Waals surface area contributed by atoms with E-state index in [2.05, 4.69) is 10.6 Å². The van der Waals surface area contributed by atoms with Gasteiger partial charge < -0.3 is 19.8 Å². The van der Waals surface area contributed by atoms with Crippen molar-refractivity contribution in [1.82, 2.24) is 10.6 Å². The molecule has 0 saturated carbocycles. The quantitative estimate of drug-likeness (QED) is 0.787. The second-order valence-electron chi connectivity index (χ2n) is 4.62. The second-order valence-corrected chi connectivity index (χ2v) is 4.62. The molecule has 2 rings (SSSR count). The van der Waals surface area contributed by atoms with Gasteiger partial charge >= 0.3 is 11.8 Å². The van der Waals surface area contributed by atoms with Gasteiger partial charge in [0, 0.05) is 6.54 Å². The molecular formula is C16H18N2O4. The van der Waals surface area contributed by atoms with Crippen molar-refractivity contribution >= 4 is 11.8 Å². The molecule has 0 aliphatic carbocycles. The Hall–Kier alpha value is -2.76. The Morgan fingerprint density at radius 2 is 1.82 bits per heavy atom. The number of rotatable bonds is 6. The van der Waals surface area contributed by atoms with Crippen molar-refractivity contribution in [2.45, 2.75) is 13.0 Å². The first-order valence-corrected chi connectivity index (χ1v) is 6.90. The van der Waals surface area contributed by atoms with Crippen molar-refractivity contribution < 1.29 is 18.7 Å². The van der Waals surface area contributed by atoms with Gasteiger partial charge in [0.25, 0.3) is 0 Å². The minimum absolute atomic E-state index is 0.192. The summed E-state index contributed by atoms with van der Waals surface area (Å²) in [6, 6.07) is 11.0. The standard InChI is InChI=1S/C16H18N2O4/c1-21-13-6-4-12(5-7-13)8-9-17-15(19)16(20)18-11-14-3-2-10-22-14/h2-7,10H,8-9,11H2,1H3,(H,17,19)(H,18,20). The number of amides is 2. The normalized spacial score (nSPS) is 10.0. The maximum absolute atomic E-state index is 11.6. The first-order chi connectivity index (χ1) is 10.7. The molecule has 2 amide bonds. The number of nitrogens with one attached hydrogen (secondary N) is 2. The average molecular weight is 302 g/mol. The molecule has 1 heterocycles. The lowest BCUT2D eigenvalue weighted by molar-refractivity contribution is -0.139. The van der Waals surface area contributed by atoms with Crippen molar-refractivity contribution in [2.24, 2.45) is 0 Å². The van der Waals surface area contributed by atoms with Crippen LogP contribution in [0.4, 0.5) is 0 Å². The van der Waals surface area contributed by atoms with Gasteiger partial charge in [-0.05, 0) is 36.2 Å². The van der Waals surface area contributed by atoms with E-state index in [-0.39, 0.29) is 6.54 Å². The van der Waals surface area contributed by atoms with Gasteiger partial charge in [-0.25, -0.2) is 0 Å². The highest BCUT2D eigenvalue weighted by Gasteiger charge is 2.12. The lowest BCUT2D eigenvalue weighted by Gasteiger charge is -2.06. The third-order valence-corrected chi connectivity index (χ3v) is 3.07. The molecule has 116 valence electrons. The van der Waals surface area contributed by atoms with Crippen molar-refractivity contribution in [1.29, 1.82) is 0 Å². The summed E-state index contributed by atoms with van der Waals surface area (Å²) >= 11 is 0. The van der Waals surface area contributed by atoms with E-state index in [1.54, 1.807) is 19.2 Å². The van der Waals surface area contributed by atoms with Gasteiger partial charge in [0.05, 0.1) is 19.9 Å². The predicted octanol–water partition coefficient (Wildman–Crippen LogP) is 1.26. The second kappa shape index (κ2) is 7.87. The highest BCUT2D eigenvalue weighted by atomic mass is 16.5. The monoisotopic (exact) mass is 302 g/mol. The zero-order valence-electron chi connectivity index (χ0n) is 12.3. The Balaban J connectivity index is 1.69. The number of carbonyl (C=O) groups is 2. The van der Waals surface area contributed by atoms with E-state index in [1.807, 2.05) is 24.3 Å².